The van der Waals surface area contributed by atoms with Gasteiger partial charge in [0.05, 0.1) is 11.1 Å². The van der Waals surface area contributed by atoms with Crippen molar-refractivity contribution in [1.29, 1.82) is 0 Å². The Morgan fingerprint density at radius 2 is 1.33 bits per heavy atom. The Morgan fingerprint density at radius 3 is 1.81 bits per heavy atom. The first-order valence-electron chi connectivity index (χ1n) is 6.36. The van der Waals surface area contributed by atoms with Gasteiger partial charge in [0, 0.05) is 0 Å². The number of hydrogen-bond donors (Lipinski definition) is 1. The van der Waals surface area contributed by atoms with Crippen molar-refractivity contribution >= 4 is 17.8 Å². The highest BCUT2D eigenvalue weighted by Gasteiger charge is 2.43. The summed E-state index contributed by atoms with van der Waals surface area (Å²) < 4.78 is 0. The minimum absolute atomic E-state index is 0.240. The predicted octanol–water partition coefficient (Wildman–Crippen LogP) is 2.11. The van der Waals surface area contributed by atoms with Crippen molar-refractivity contribution in [1.82, 2.24) is 4.90 Å². The average Bonchev–Trinajstić information content (AvgIpc) is 2.74. The fourth-order valence-corrected chi connectivity index (χ4v) is 2.48. The van der Waals surface area contributed by atoms with Crippen LogP contribution < -0.4 is 0 Å². The van der Waals surface area contributed by atoms with Crippen LogP contribution in [0.4, 0.5) is 0 Å². The molecule has 0 radical (unpaired) electrons. The summed E-state index contributed by atoms with van der Waals surface area (Å²) in [5, 5.41) is 9.46. The standard InChI is InChI=1S/C16H11NO4/c18-14-11-8-4-5-9-12(11)15(19)17(14)13(16(20)21)10-6-2-1-3-7-10/h1-9,13H,(H,20,21)/t13-/m1/s1. The summed E-state index contributed by atoms with van der Waals surface area (Å²) in [6.45, 7) is 0. The third-order valence-corrected chi connectivity index (χ3v) is 3.43. The van der Waals surface area contributed by atoms with Gasteiger partial charge in [0.1, 0.15) is 0 Å². The number of imide groups is 1. The minimum atomic E-state index is -1.32. The van der Waals surface area contributed by atoms with Gasteiger partial charge in [0.25, 0.3) is 11.8 Å². The fourth-order valence-electron chi connectivity index (χ4n) is 2.48. The molecule has 0 bridgehead atoms. The molecule has 0 aliphatic carbocycles. The van der Waals surface area contributed by atoms with E-state index in [1.807, 2.05) is 0 Å². The van der Waals surface area contributed by atoms with Gasteiger partial charge < -0.3 is 5.11 Å². The smallest absolute Gasteiger partial charge is 0.331 e. The van der Waals surface area contributed by atoms with Crippen LogP contribution in [0.15, 0.2) is 54.6 Å². The van der Waals surface area contributed by atoms with Gasteiger partial charge in [0.15, 0.2) is 6.04 Å². The van der Waals surface area contributed by atoms with Gasteiger partial charge in [-0.25, -0.2) is 4.79 Å². The Balaban J connectivity index is 2.09. The molecule has 5 heteroatoms. The molecule has 2 aromatic rings. The van der Waals surface area contributed by atoms with Gasteiger partial charge >= 0.3 is 5.97 Å². The van der Waals surface area contributed by atoms with Crippen LogP contribution in [0.2, 0.25) is 0 Å². The quantitative estimate of drug-likeness (QED) is 0.874. The second kappa shape index (κ2) is 4.86. The molecule has 2 aromatic carbocycles. The lowest BCUT2D eigenvalue weighted by Gasteiger charge is -2.22. The van der Waals surface area contributed by atoms with E-state index in [1.165, 1.54) is 12.1 Å². The molecule has 0 aromatic heterocycles. The maximum Gasteiger partial charge on any atom is 0.331 e. The van der Waals surface area contributed by atoms with Crippen molar-refractivity contribution in [3.63, 3.8) is 0 Å². The average molecular weight is 281 g/mol. The predicted molar refractivity (Wildman–Crippen MR) is 73.8 cm³/mol. The highest BCUT2D eigenvalue weighted by atomic mass is 16.4. The number of benzene rings is 2. The Kier molecular flexibility index (Phi) is 3.02. The monoisotopic (exact) mass is 281 g/mol. The molecule has 21 heavy (non-hydrogen) atoms. The van der Waals surface area contributed by atoms with Crippen molar-refractivity contribution in [3.8, 4) is 0 Å². The summed E-state index contributed by atoms with van der Waals surface area (Å²) in [7, 11) is 0. The first-order valence-corrected chi connectivity index (χ1v) is 6.36. The molecule has 104 valence electrons. The summed E-state index contributed by atoms with van der Waals surface area (Å²) in [4.78, 5) is 37.1. The fraction of sp³-hybridized carbons (Fsp3) is 0.0625. The first kappa shape index (κ1) is 13.1. The van der Waals surface area contributed by atoms with Crippen LogP contribution in [0, 0.1) is 0 Å². The Bertz CT molecular complexity index is 704. The summed E-state index contributed by atoms with van der Waals surface area (Å²) in [5.74, 6) is -2.39. The van der Waals surface area contributed by atoms with E-state index < -0.39 is 23.8 Å². The lowest BCUT2D eigenvalue weighted by molar-refractivity contribution is -0.141. The molecule has 0 fully saturated rings. The summed E-state index contributed by atoms with van der Waals surface area (Å²) >= 11 is 0. The molecule has 1 heterocycles. The maximum atomic E-state index is 12.4. The molecule has 0 saturated carbocycles. The van der Waals surface area contributed by atoms with Crippen LogP contribution >= 0.6 is 0 Å². The van der Waals surface area contributed by atoms with E-state index in [0.717, 1.165) is 4.90 Å². The van der Waals surface area contributed by atoms with Gasteiger partial charge in [-0.2, -0.15) is 0 Å². The maximum absolute atomic E-state index is 12.4. The zero-order chi connectivity index (χ0) is 15.0. The summed E-state index contributed by atoms with van der Waals surface area (Å²) in [6.07, 6.45) is 0. The SMILES string of the molecule is O=C(O)[C@@H](c1ccccc1)N1C(=O)c2ccccc2C1=O. The normalized spacial score (nSPS) is 15.0. The molecule has 1 N–H and O–H groups in total. The van der Waals surface area contributed by atoms with Crippen molar-refractivity contribution < 1.29 is 19.5 Å². The molecule has 1 atom stereocenters. The number of hydrogen-bond acceptors (Lipinski definition) is 3. The van der Waals surface area contributed by atoms with Crippen LogP contribution in [0.25, 0.3) is 0 Å². The Labute approximate surface area is 120 Å². The Hall–Kier alpha value is -2.95. The molecular weight excluding hydrogens is 270 g/mol. The van der Waals surface area contributed by atoms with Gasteiger partial charge in [-0.1, -0.05) is 42.5 Å². The highest BCUT2D eigenvalue weighted by molar-refractivity contribution is 6.22. The van der Waals surface area contributed by atoms with Crippen LogP contribution in [0.1, 0.15) is 32.3 Å². The second-order valence-corrected chi connectivity index (χ2v) is 4.68. The molecule has 5 nitrogen and oxygen atoms in total. The van der Waals surface area contributed by atoms with Crippen LogP contribution in [-0.2, 0) is 4.79 Å². The number of nitrogens with zero attached hydrogens (tertiary/aromatic N) is 1. The second-order valence-electron chi connectivity index (χ2n) is 4.68. The van der Waals surface area contributed by atoms with Crippen molar-refractivity contribution in [3.05, 3.63) is 71.3 Å². The van der Waals surface area contributed by atoms with E-state index in [-0.39, 0.29) is 11.1 Å². The number of carboxylic acids is 1. The van der Waals surface area contributed by atoms with Crippen molar-refractivity contribution in [2.75, 3.05) is 0 Å². The van der Waals surface area contributed by atoms with Crippen molar-refractivity contribution in [2.24, 2.45) is 0 Å². The minimum Gasteiger partial charge on any atom is -0.479 e. The lowest BCUT2D eigenvalue weighted by atomic mass is 10.1. The highest BCUT2D eigenvalue weighted by Crippen LogP contribution is 2.31. The topological polar surface area (TPSA) is 74.7 Å². The van der Waals surface area contributed by atoms with E-state index in [1.54, 1.807) is 42.5 Å². The number of aliphatic carboxylic acids is 1. The van der Waals surface area contributed by atoms with E-state index >= 15 is 0 Å². The Morgan fingerprint density at radius 1 is 0.857 bits per heavy atom. The molecule has 0 spiro atoms. The van der Waals surface area contributed by atoms with Gasteiger partial charge in [0.2, 0.25) is 0 Å². The number of rotatable bonds is 3. The molecule has 0 unspecified atom stereocenters. The number of fused-ring (bicyclic) bond motifs is 1. The van der Waals surface area contributed by atoms with Crippen LogP contribution in [-0.4, -0.2) is 27.8 Å². The summed E-state index contributed by atoms with van der Waals surface area (Å²) in [5.41, 5.74) is 0.869. The van der Waals surface area contributed by atoms with Gasteiger partial charge in [-0.3, -0.25) is 14.5 Å². The molecule has 3 rings (SSSR count). The van der Waals surface area contributed by atoms with E-state index in [0.29, 0.717) is 5.56 Å². The van der Waals surface area contributed by atoms with Crippen LogP contribution in [0.5, 0.6) is 0 Å². The van der Waals surface area contributed by atoms with Gasteiger partial charge in [-0.15, -0.1) is 0 Å². The van der Waals surface area contributed by atoms with Gasteiger partial charge in [-0.05, 0) is 17.7 Å². The lowest BCUT2D eigenvalue weighted by Crippen LogP contribution is -2.38. The zero-order valence-corrected chi connectivity index (χ0v) is 10.9. The molecule has 0 saturated heterocycles. The number of carbonyl (C=O) groups is 3. The van der Waals surface area contributed by atoms with E-state index in [9.17, 15) is 19.5 Å². The third-order valence-electron chi connectivity index (χ3n) is 3.43. The molecule has 2 amide bonds. The molecular formula is C16H11NO4. The molecule has 1 aliphatic rings. The number of amides is 2. The molecule has 1 aliphatic heterocycles. The summed E-state index contributed by atoms with van der Waals surface area (Å²) in [6, 6.07) is 13.3. The van der Waals surface area contributed by atoms with E-state index in [4.69, 9.17) is 0 Å². The third kappa shape index (κ3) is 1.99. The number of carbonyl (C=O) groups excluding carboxylic acids is 2. The largest absolute Gasteiger partial charge is 0.479 e. The zero-order valence-electron chi connectivity index (χ0n) is 10.9. The van der Waals surface area contributed by atoms with Crippen LogP contribution in [0.3, 0.4) is 0 Å². The number of carboxylic acid groups (broad SMARTS) is 1. The van der Waals surface area contributed by atoms with Crippen molar-refractivity contribution in [2.45, 2.75) is 6.04 Å². The first-order chi connectivity index (χ1) is 10.1. The van der Waals surface area contributed by atoms with E-state index in [2.05, 4.69) is 0 Å².